The third kappa shape index (κ3) is 6.65. The second kappa shape index (κ2) is 11.9. The summed E-state index contributed by atoms with van der Waals surface area (Å²) in [6.07, 6.45) is 7.83. The Balaban J connectivity index is 3.29. The van der Waals surface area contributed by atoms with Crippen LogP contribution >= 0.6 is 0 Å². The SMILES string of the molecule is CCCCCCCCc1cccc(C(C(=O)O)C(C)C)c1C(C(=O)O)C(C)C. The van der Waals surface area contributed by atoms with E-state index in [9.17, 15) is 19.8 Å². The van der Waals surface area contributed by atoms with Crippen LogP contribution in [0, 0.1) is 11.8 Å². The highest BCUT2D eigenvalue weighted by atomic mass is 16.4. The van der Waals surface area contributed by atoms with Crippen LogP contribution in [0.25, 0.3) is 0 Å². The van der Waals surface area contributed by atoms with Crippen LogP contribution in [0.15, 0.2) is 18.2 Å². The highest BCUT2D eigenvalue weighted by Crippen LogP contribution is 2.38. The molecule has 0 spiro atoms. The van der Waals surface area contributed by atoms with E-state index < -0.39 is 23.8 Å². The molecule has 4 nitrogen and oxygen atoms in total. The van der Waals surface area contributed by atoms with Gasteiger partial charge in [0, 0.05) is 0 Å². The number of hydrogen-bond donors (Lipinski definition) is 2. The summed E-state index contributed by atoms with van der Waals surface area (Å²) in [5.74, 6) is -3.36. The number of unbranched alkanes of at least 4 members (excludes halogenated alkanes) is 5. The molecule has 0 radical (unpaired) electrons. The lowest BCUT2D eigenvalue weighted by molar-refractivity contribution is -0.141. The van der Waals surface area contributed by atoms with Crippen LogP contribution in [0.5, 0.6) is 0 Å². The van der Waals surface area contributed by atoms with Crippen LogP contribution < -0.4 is 0 Å². The van der Waals surface area contributed by atoms with E-state index in [1.54, 1.807) is 0 Å². The second-order valence-corrected chi connectivity index (χ2v) is 8.56. The summed E-state index contributed by atoms with van der Waals surface area (Å²) in [6.45, 7) is 9.76. The van der Waals surface area contributed by atoms with Gasteiger partial charge in [-0.05, 0) is 41.4 Å². The molecular weight excluding hydrogens is 352 g/mol. The Bertz CT molecular complexity index is 633. The number of carbonyl (C=O) groups is 2. The van der Waals surface area contributed by atoms with Crippen molar-refractivity contribution in [2.24, 2.45) is 11.8 Å². The lowest BCUT2D eigenvalue weighted by Crippen LogP contribution is -2.25. The molecule has 2 atom stereocenters. The number of aliphatic carboxylic acids is 2. The third-order valence-electron chi connectivity index (χ3n) is 5.54. The fourth-order valence-corrected chi connectivity index (χ4v) is 4.12. The van der Waals surface area contributed by atoms with Crippen LogP contribution in [-0.4, -0.2) is 22.2 Å². The van der Waals surface area contributed by atoms with Crippen LogP contribution in [0.4, 0.5) is 0 Å². The zero-order valence-corrected chi connectivity index (χ0v) is 18.2. The lowest BCUT2D eigenvalue weighted by Gasteiger charge is -2.27. The highest BCUT2D eigenvalue weighted by molar-refractivity contribution is 5.81. The van der Waals surface area contributed by atoms with Gasteiger partial charge in [-0.25, -0.2) is 0 Å². The molecular formula is C24H38O4. The largest absolute Gasteiger partial charge is 0.481 e. The Morgan fingerprint density at radius 3 is 1.86 bits per heavy atom. The first-order chi connectivity index (χ1) is 13.2. The zero-order valence-electron chi connectivity index (χ0n) is 18.2. The number of carboxylic acids is 2. The number of rotatable bonds is 13. The van der Waals surface area contributed by atoms with Gasteiger partial charge in [0.25, 0.3) is 0 Å². The molecule has 0 aliphatic rings. The molecule has 4 heteroatoms. The van der Waals surface area contributed by atoms with Gasteiger partial charge in [0.2, 0.25) is 0 Å². The van der Waals surface area contributed by atoms with Crippen molar-refractivity contribution in [3.63, 3.8) is 0 Å². The molecule has 158 valence electrons. The second-order valence-electron chi connectivity index (χ2n) is 8.56. The van der Waals surface area contributed by atoms with Gasteiger partial charge in [0.1, 0.15) is 0 Å². The maximum Gasteiger partial charge on any atom is 0.311 e. The summed E-state index contributed by atoms with van der Waals surface area (Å²) >= 11 is 0. The van der Waals surface area contributed by atoms with Crippen LogP contribution in [-0.2, 0) is 16.0 Å². The molecule has 2 unspecified atom stereocenters. The van der Waals surface area contributed by atoms with Crippen molar-refractivity contribution in [3.05, 3.63) is 34.9 Å². The number of aryl methyl sites for hydroxylation is 1. The Labute approximate surface area is 170 Å². The van der Waals surface area contributed by atoms with E-state index >= 15 is 0 Å². The van der Waals surface area contributed by atoms with E-state index in [-0.39, 0.29) is 11.8 Å². The summed E-state index contributed by atoms with van der Waals surface area (Å²) < 4.78 is 0. The molecule has 1 aromatic carbocycles. The van der Waals surface area contributed by atoms with Gasteiger partial charge >= 0.3 is 11.9 Å². The first-order valence-electron chi connectivity index (χ1n) is 10.8. The van der Waals surface area contributed by atoms with E-state index in [2.05, 4.69) is 6.92 Å². The molecule has 2 N–H and O–H groups in total. The molecule has 0 aliphatic heterocycles. The molecule has 0 heterocycles. The first kappa shape index (κ1) is 24.2. The monoisotopic (exact) mass is 390 g/mol. The average Bonchev–Trinajstić information content (AvgIpc) is 2.58. The van der Waals surface area contributed by atoms with E-state index in [4.69, 9.17) is 0 Å². The molecule has 1 aromatic rings. The quantitative estimate of drug-likeness (QED) is 0.391. The Morgan fingerprint density at radius 1 is 0.821 bits per heavy atom. The van der Waals surface area contributed by atoms with E-state index in [0.717, 1.165) is 30.4 Å². The molecule has 0 aliphatic carbocycles. The van der Waals surface area contributed by atoms with Gasteiger partial charge in [-0.3, -0.25) is 9.59 Å². The normalized spacial score (nSPS) is 13.7. The first-order valence-corrected chi connectivity index (χ1v) is 10.8. The Kier molecular flexibility index (Phi) is 10.3. The van der Waals surface area contributed by atoms with Crippen molar-refractivity contribution in [3.8, 4) is 0 Å². The Morgan fingerprint density at radius 2 is 1.36 bits per heavy atom. The number of hydrogen-bond acceptors (Lipinski definition) is 2. The van der Waals surface area contributed by atoms with Crippen molar-refractivity contribution in [2.75, 3.05) is 0 Å². The van der Waals surface area contributed by atoms with E-state index in [1.807, 2.05) is 45.9 Å². The summed E-state index contributed by atoms with van der Waals surface area (Å²) in [6, 6.07) is 5.70. The molecule has 0 fully saturated rings. The fourth-order valence-electron chi connectivity index (χ4n) is 4.12. The smallest absolute Gasteiger partial charge is 0.311 e. The molecule has 0 amide bonds. The van der Waals surface area contributed by atoms with E-state index in [0.29, 0.717) is 5.56 Å². The predicted molar refractivity (Wildman–Crippen MR) is 114 cm³/mol. The van der Waals surface area contributed by atoms with Gasteiger partial charge in [0.15, 0.2) is 0 Å². The van der Waals surface area contributed by atoms with Crippen molar-refractivity contribution in [1.82, 2.24) is 0 Å². The van der Waals surface area contributed by atoms with Crippen LogP contribution in [0.2, 0.25) is 0 Å². The van der Waals surface area contributed by atoms with Crippen molar-refractivity contribution >= 4 is 11.9 Å². The molecule has 0 saturated carbocycles. The fraction of sp³-hybridized carbons (Fsp3) is 0.667. The Hall–Kier alpha value is -1.84. The van der Waals surface area contributed by atoms with Gasteiger partial charge in [-0.2, -0.15) is 0 Å². The van der Waals surface area contributed by atoms with Crippen LogP contribution in [0.1, 0.15) is 102 Å². The summed E-state index contributed by atoms with van der Waals surface area (Å²) in [5, 5.41) is 19.7. The summed E-state index contributed by atoms with van der Waals surface area (Å²) in [7, 11) is 0. The van der Waals surface area contributed by atoms with Crippen molar-refractivity contribution in [2.45, 2.75) is 91.4 Å². The number of carboxylic acid groups (broad SMARTS) is 2. The predicted octanol–water partition coefficient (Wildman–Crippen LogP) is 6.24. The van der Waals surface area contributed by atoms with Gasteiger partial charge in [-0.1, -0.05) is 84.9 Å². The minimum atomic E-state index is -0.888. The number of benzene rings is 1. The van der Waals surface area contributed by atoms with E-state index in [1.165, 1.54) is 25.7 Å². The third-order valence-corrected chi connectivity index (χ3v) is 5.54. The summed E-state index contributed by atoms with van der Waals surface area (Å²) in [4.78, 5) is 24.1. The van der Waals surface area contributed by atoms with Gasteiger partial charge < -0.3 is 10.2 Å². The van der Waals surface area contributed by atoms with Crippen molar-refractivity contribution in [1.29, 1.82) is 0 Å². The lowest BCUT2D eigenvalue weighted by atomic mass is 9.76. The molecule has 0 saturated heterocycles. The maximum absolute atomic E-state index is 12.1. The standard InChI is InChI=1S/C24H38O4/c1-6-7-8-9-10-11-13-18-14-12-15-19(20(16(2)3)23(25)26)22(18)21(17(4)5)24(27)28/h12,14-17,20-21H,6-11,13H2,1-5H3,(H,25,26)(H,27,28). The minimum absolute atomic E-state index is 0.108. The topological polar surface area (TPSA) is 74.6 Å². The van der Waals surface area contributed by atoms with Gasteiger partial charge in [0.05, 0.1) is 11.8 Å². The highest BCUT2D eigenvalue weighted by Gasteiger charge is 2.34. The van der Waals surface area contributed by atoms with Crippen LogP contribution in [0.3, 0.4) is 0 Å². The maximum atomic E-state index is 12.1. The molecule has 0 bridgehead atoms. The minimum Gasteiger partial charge on any atom is -0.481 e. The van der Waals surface area contributed by atoms with Crippen molar-refractivity contribution < 1.29 is 19.8 Å². The molecule has 1 rings (SSSR count). The summed E-state index contributed by atoms with van der Waals surface area (Å²) in [5.41, 5.74) is 2.41. The van der Waals surface area contributed by atoms with Gasteiger partial charge in [-0.15, -0.1) is 0 Å². The zero-order chi connectivity index (χ0) is 21.3. The average molecular weight is 391 g/mol. The molecule has 28 heavy (non-hydrogen) atoms. The molecule has 0 aromatic heterocycles.